The molecule has 0 saturated carbocycles. The number of benzene rings is 1. The molecular formula is C17H16ClN3O. The van der Waals surface area contributed by atoms with Gasteiger partial charge in [-0.3, -0.25) is 5.10 Å². The summed E-state index contributed by atoms with van der Waals surface area (Å²) in [5, 5.41) is 16.8. The van der Waals surface area contributed by atoms with Gasteiger partial charge in [0.05, 0.1) is 17.5 Å². The Morgan fingerprint density at radius 2 is 2.09 bits per heavy atom. The molecule has 22 heavy (non-hydrogen) atoms. The van der Waals surface area contributed by atoms with Gasteiger partial charge in [0, 0.05) is 22.7 Å². The quantitative estimate of drug-likeness (QED) is 0.267. The molecule has 0 amide bonds. The predicted molar refractivity (Wildman–Crippen MR) is 90.5 cm³/mol. The summed E-state index contributed by atoms with van der Waals surface area (Å²) in [6, 6.07) is 7.30. The van der Waals surface area contributed by atoms with Crippen molar-refractivity contribution in [1.29, 1.82) is 0 Å². The van der Waals surface area contributed by atoms with Crippen LogP contribution >= 0.6 is 11.6 Å². The van der Waals surface area contributed by atoms with E-state index in [1.165, 1.54) is 0 Å². The Hall–Kier alpha value is -2.64. The zero-order valence-corrected chi connectivity index (χ0v) is 12.9. The number of allylic oxidation sites excluding steroid dienone is 3. The molecule has 1 aromatic carbocycles. The Bertz CT molecular complexity index is 761. The number of aliphatic hydroxyl groups excluding tert-OH is 1. The maximum Gasteiger partial charge on any atom is 0.120 e. The largest absolute Gasteiger partial charge is 0.508 e. The number of halogens is 1. The number of rotatable bonds is 3. The highest BCUT2D eigenvalue weighted by Crippen LogP contribution is 2.19. The minimum atomic E-state index is 0.125. The standard InChI is InChI=1S/C17H16ClN3O/c1-12(16(22)3-2-10-18)17-14(11-20-21-17)7-4-13-5-8-15(19)9-6-13/h2-3,5-6,8-9,11,22H,10,19H2,1H3,(H,20,21)/b3-2-,16-12-. The monoisotopic (exact) mass is 313 g/mol. The molecule has 0 aliphatic carbocycles. The van der Waals surface area contributed by atoms with Gasteiger partial charge in [-0.05, 0) is 37.3 Å². The van der Waals surface area contributed by atoms with Crippen molar-refractivity contribution in [3.8, 4) is 11.8 Å². The van der Waals surface area contributed by atoms with Crippen molar-refractivity contribution < 1.29 is 5.11 Å². The molecule has 0 fully saturated rings. The lowest BCUT2D eigenvalue weighted by Crippen LogP contribution is -1.90. The van der Waals surface area contributed by atoms with Crippen molar-refractivity contribution in [2.75, 3.05) is 11.6 Å². The summed E-state index contributed by atoms with van der Waals surface area (Å²) in [6.45, 7) is 1.79. The molecule has 4 nitrogen and oxygen atoms in total. The van der Waals surface area contributed by atoms with Crippen LogP contribution in [0.3, 0.4) is 0 Å². The number of alkyl halides is 1. The Balaban J connectivity index is 2.31. The molecule has 0 aliphatic rings. The highest BCUT2D eigenvalue weighted by atomic mass is 35.5. The van der Waals surface area contributed by atoms with Crippen LogP contribution in [-0.4, -0.2) is 21.2 Å². The molecular weight excluding hydrogens is 298 g/mol. The number of nitrogens with two attached hydrogens (primary N) is 1. The van der Waals surface area contributed by atoms with E-state index >= 15 is 0 Å². The number of nitrogen functional groups attached to an aromatic ring is 1. The van der Waals surface area contributed by atoms with E-state index in [4.69, 9.17) is 17.3 Å². The lowest BCUT2D eigenvalue weighted by molar-refractivity contribution is 0.434. The van der Waals surface area contributed by atoms with Gasteiger partial charge in [-0.1, -0.05) is 17.9 Å². The number of aliphatic hydroxyl groups is 1. The van der Waals surface area contributed by atoms with Crippen LogP contribution < -0.4 is 5.73 Å². The van der Waals surface area contributed by atoms with Gasteiger partial charge >= 0.3 is 0 Å². The third-order valence-electron chi connectivity index (χ3n) is 3.02. The van der Waals surface area contributed by atoms with Gasteiger partial charge in [0.25, 0.3) is 0 Å². The van der Waals surface area contributed by atoms with Crippen molar-refractivity contribution in [2.24, 2.45) is 0 Å². The van der Waals surface area contributed by atoms with Gasteiger partial charge in [0.2, 0.25) is 0 Å². The molecule has 5 heteroatoms. The first-order valence-electron chi connectivity index (χ1n) is 6.65. The molecule has 1 aromatic heterocycles. The van der Waals surface area contributed by atoms with Gasteiger partial charge in [0.15, 0.2) is 0 Å². The smallest absolute Gasteiger partial charge is 0.120 e. The summed E-state index contributed by atoms with van der Waals surface area (Å²) in [4.78, 5) is 0. The van der Waals surface area contributed by atoms with Crippen LogP contribution in [0.4, 0.5) is 5.69 Å². The average molecular weight is 314 g/mol. The molecule has 0 unspecified atom stereocenters. The number of aromatic amines is 1. The van der Waals surface area contributed by atoms with E-state index in [2.05, 4.69) is 22.0 Å². The summed E-state index contributed by atoms with van der Waals surface area (Å²) < 4.78 is 0. The van der Waals surface area contributed by atoms with Crippen molar-refractivity contribution in [3.63, 3.8) is 0 Å². The van der Waals surface area contributed by atoms with Crippen LogP contribution in [0.5, 0.6) is 0 Å². The topological polar surface area (TPSA) is 74.9 Å². The zero-order valence-electron chi connectivity index (χ0n) is 12.1. The van der Waals surface area contributed by atoms with E-state index in [1.54, 1.807) is 37.4 Å². The fraction of sp³-hybridized carbons (Fsp3) is 0.118. The van der Waals surface area contributed by atoms with Crippen molar-refractivity contribution in [3.05, 3.63) is 65.2 Å². The van der Waals surface area contributed by atoms with Crippen LogP contribution in [0.2, 0.25) is 0 Å². The molecule has 2 rings (SSSR count). The second-order valence-corrected chi connectivity index (χ2v) is 4.91. The van der Waals surface area contributed by atoms with Gasteiger partial charge in [-0.2, -0.15) is 5.10 Å². The lowest BCUT2D eigenvalue weighted by atomic mass is 10.1. The summed E-state index contributed by atoms with van der Waals surface area (Å²) in [6.07, 6.45) is 4.85. The maximum atomic E-state index is 9.99. The van der Waals surface area contributed by atoms with E-state index in [0.717, 1.165) is 5.56 Å². The van der Waals surface area contributed by atoms with E-state index < -0.39 is 0 Å². The number of aromatic nitrogens is 2. The maximum absolute atomic E-state index is 9.99. The molecule has 0 radical (unpaired) electrons. The normalized spacial score (nSPS) is 11.9. The van der Waals surface area contributed by atoms with E-state index in [1.807, 2.05) is 12.1 Å². The molecule has 1 heterocycles. The Morgan fingerprint density at radius 3 is 2.77 bits per heavy atom. The van der Waals surface area contributed by atoms with Gasteiger partial charge in [-0.25, -0.2) is 0 Å². The molecule has 0 atom stereocenters. The molecule has 0 aliphatic heterocycles. The molecule has 112 valence electrons. The first-order chi connectivity index (χ1) is 10.6. The van der Waals surface area contributed by atoms with Gasteiger partial charge < -0.3 is 10.8 Å². The summed E-state index contributed by atoms with van der Waals surface area (Å²) in [5.41, 5.74) is 9.24. The predicted octanol–water partition coefficient (Wildman–Crippen LogP) is 3.48. The molecule has 0 spiro atoms. The fourth-order valence-electron chi connectivity index (χ4n) is 1.78. The Kier molecular flexibility index (Phi) is 5.29. The minimum Gasteiger partial charge on any atom is -0.508 e. The van der Waals surface area contributed by atoms with Crippen LogP contribution in [-0.2, 0) is 0 Å². The number of nitrogens with zero attached hydrogens (tertiary/aromatic N) is 1. The highest BCUT2D eigenvalue weighted by molar-refractivity contribution is 6.18. The Labute approximate surface area is 134 Å². The van der Waals surface area contributed by atoms with Crippen LogP contribution in [0, 0.1) is 11.8 Å². The van der Waals surface area contributed by atoms with Crippen molar-refractivity contribution in [2.45, 2.75) is 6.92 Å². The molecule has 2 aromatic rings. The first kappa shape index (κ1) is 15.7. The molecule has 0 saturated heterocycles. The second-order valence-electron chi connectivity index (χ2n) is 4.60. The average Bonchev–Trinajstić information content (AvgIpc) is 2.99. The summed E-state index contributed by atoms with van der Waals surface area (Å²) >= 11 is 5.56. The number of hydrogen-bond donors (Lipinski definition) is 3. The van der Waals surface area contributed by atoms with Gasteiger partial charge in [0.1, 0.15) is 5.76 Å². The molecule has 4 N–H and O–H groups in total. The minimum absolute atomic E-state index is 0.125. The SMILES string of the molecule is C/C(=C(O)\C=C/CCl)c1[nH]ncc1C#Cc1ccc(N)cc1. The summed E-state index contributed by atoms with van der Waals surface area (Å²) in [5.74, 6) is 6.55. The molecule has 0 bridgehead atoms. The van der Waals surface area contributed by atoms with E-state index in [-0.39, 0.29) is 5.76 Å². The summed E-state index contributed by atoms with van der Waals surface area (Å²) in [7, 11) is 0. The van der Waals surface area contributed by atoms with Crippen molar-refractivity contribution >= 4 is 22.9 Å². The van der Waals surface area contributed by atoms with Gasteiger partial charge in [-0.15, -0.1) is 11.6 Å². The Morgan fingerprint density at radius 1 is 1.36 bits per heavy atom. The zero-order chi connectivity index (χ0) is 15.9. The van der Waals surface area contributed by atoms with Crippen LogP contribution in [0.1, 0.15) is 23.7 Å². The van der Waals surface area contributed by atoms with Crippen LogP contribution in [0.25, 0.3) is 5.57 Å². The third kappa shape index (κ3) is 3.94. The van der Waals surface area contributed by atoms with E-state index in [9.17, 15) is 5.11 Å². The van der Waals surface area contributed by atoms with Crippen molar-refractivity contribution in [1.82, 2.24) is 10.2 Å². The lowest BCUT2D eigenvalue weighted by Gasteiger charge is -2.01. The highest BCUT2D eigenvalue weighted by Gasteiger charge is 2.08. The number of anilines is 1. The van der Waals surface area contributed by atoms with Crippen LogP contribution in [0.15, 0.2) is 48.4 Å². The second kappa shape index (κ2) is 7.39. The number of hydrogen-bond acceptors (Lipinski definition) is 3. The third-order valence-corrected chi connectivity index (χ3v) is 3.19. The number of H-pyrrole nitrogens is 1. The first-order valence-corrected chi connectivity index (χ1v) is 7.19. The fourth-order valence-corrected chi connectivity index (χ4v) is 1.87. The number of nitrogens with one attached hydrogen (secondary N) is 1. The van der Waals surface area contributed by atoms with E-state index in [0.29, 0.717) is 28.4 Å².